The van der Waals surface area contributed by atoms with Crippen molar-refractivity contribution in [1.82, 2.24) is 5.32 Å². The van der Waals surface area contributed by atoms with E-state index in [1.165, 1.54) is 0 Å². The molecule has 1 saturated carbocycles. The van der Waals surface area contributed by atoms with Crippen molar-refractivity contribution in [2.75, 3.05) is 0 Å². The lowest BCUT2D eigenvalue weighted by Crippen LogP contribution is -2.47. The fourth-order valence-corrected chi connectivity index (χ4v) is 0.800. The highest BCUT2D eigenvalue weighted by molar-refractivity contribution is 5.77. The Balaban J connectivity index is 2.40. The molecule has 1 rings (SSSR count). The molecule has 1 aliphatic rings. The predicted molar refractivity (Wildman–Crippen MR) is 37.9 cm³/mol. The zero-order chi connectivity index (χ0) is 7.78. The van der Waals surface area contributed by atoms with E-state index in [1.54, 1.807) is 13.8 Å². The fourth-order valence-electron chi connectivity index (χ4n) is 0.800. The first-order valence-corrected chi connectivity index (χ1v) is 3.53. The Bertz CT molecular complexity index is 150. The minimum absolute atomic E-state index is 0.450. The van der Waals surface area contributed by atoms with Gasteiger partial charge < -0.3 is 5.11 Å². The van der Waals surface area contributed by atoms with Crippen molar-refractivity contribution < 1.29 is 9.90 Å². The summed E-state index contributed by atoms with van der Waals surface area (Å²) in [6.07, 6.45) is 2.24. The Morgan fingerprint density at radius 2 is 2.10 bits per heavy atom. The molecule has 0 radical (unpaired) electrons. The highest BCUT2D eigenvalue weighted by atomic mass is 16.4. The van der Waals surface area contributed by atoms with Gasteiger partial charge in [-0.05, 0) is 26.7 Å². The van der Waals surface area contributed by atoms with Crippen LogP contribution in [0, 0.1) is 0 Å². The number of hydrogen-bond donors (Lipinski definition) is 2. The molecule has 0 aromatic rings. The van der Waals surface area contributed by atoms with Gasteiger partial charge in [-0.3, -0.25) is 10.1 Å². The van der Waals surface area contributed by atoms with Crippen molar-refractivity contribution in [2.24, 2.45) is 0 Å². The highest BCUT2D eigenvalue weighted by Crippen LogP contribution is 2.22. The van der Waals surface area contributed by atoms with E-state index in [4.69, 9.17) is 5.11 Å². The normalized spacial score (nSPS) is 19.0. The molecule has 2 N–H and O–H groups in total. The van der Waals surface area contributed by atoms with Crippen molar-refractivity contribution in [3.63, 3.8) is 0 Å². The quantitative estimate of drug-likeness (QED) is 0.608. The summed E-state index contributed by atoms with van der Waals surface area (Å²) in [7, 11) is 0. The molecule has 10 heavy (non-hydrogen) atoms. The van der Waals surface area contributed by atoms with Crippen LogP contribution in [-0.2, 0) is 4.79 Å². The molecular formula is C7H13NO2. The topological polar surface area (TPSA) is 49.3 Å². The molecule has 0 aliphatic heterocycles. The summed E-state index contributed by atoms with van der Waals surface area (Å²) in [6.45, 7) is 3.38. The molecule has 3 heteroatoms. The summed E-state index contributed by atoms with van der Waals surface area (Å²) in [5, 5.41) is 11.7. The molecule has 0 spiro atoms. The Labute approximate surface area is 60.4 Å². The summed E-state index contributed by atoms with van der Waals surface area (Å²) in [4.78, 5) is 10.5. The van der Waals surface area contributed by atoms with Crippen molar-refractivity contribution >= 4 is 5.97 Å². The van der Waals surface area contributed by atoms with Crippen LogP contribution in [0.1, 0.15) is 26.7 Å². The van der Waals surface area contributed by atoms with Crippen LogP contribution in [0.4, 0.5) is 0 Å². The third-order valence-corrected chi connectivity index (χ3v) is 1.68. The van der Waals surface area contributed by atoms with E-state index in [0.29, 0.717) is 6.04 Å². The first-order chi connectivity index (χ1) is 4.52. The van der Waals surface area contributed by atoms with Crippen LogP contribution >= 0.6 is 0 Å². The van der Waals surface area contributed by atoms with Gasteiger partial charge in [0.2, 0.25) is 0 Å². The molecular weight excluding hydrogens is 130 g/mol. The second-order valence-corrected chi connectivity index (χ2v) is 3.35. The lowest BCUT2D eigenvalue weighted by molar-refractivity contribution is -0.143. The maximum absolute atomic E-state index is 10.5. The third-order valence-electron chi connectivity index (χ3n) is 1.68. The fraction of sp³-hybridized carbons (Fsp3) is 0.857. The highest BCUT2D eigenvalue weighted by Gasteiger charge is 2.33. The van der Waals surface area contributed by atoms with Crippen molar-refractivity contribution in [2.45, 2.75) is 38.3 Å². The van der Waals surface area contributed by atoms with E-state index in [-0.39, 0.29) is 0 Å². The Kier molecular flexibility index (Phi) is 1.68. The summed E-state index contributed by atoms with van der Waals surface area (Å²) in [5.41, 5.74) is -0.749. The smallest absolute Gasteiger partial charge is 0.323 e. The lowest BCUT2D eigenvalue weighted by atomic mass is 10.1. The molecule has 0 unspecified atom stereocenters. The van der Waals surface area contributed by atoms with Crippen LogP contribution in [0.3, 0.4) is 0 Å². The molecule has 0 heterocycles. The standard InChI is InChI=1S/C7H13NO2/c1-7(2,6(9)10)8-5-3-4-5/h5,8H,3-4H2,1-2H3,(H,9,10). The molecule has 1 aliphatic carbocycles. The SMILES string of the molecule is CC(C)(NC1CC1)C(=O)O. The van der Waals surface area contributed by atoms with Gasteiger partial charge in [-0.2, -0.15) is 0 Å². The van der Waals surface area contributed by atoms with E-state index in [0.717, 1.165) is 12.8 Å². The van der Waals surface area contributed by atoms with Crippen LogP contribution in [0.5, 0.6) is 0 Å². The zero-order valence-electron chi connectivity index (χ0n) is 6.35. The first kappa shape index (κ1) is 7.54. The zero-order valence-corrected chi connectivity index (χ0v) is 6.35. The van der Waals surface area contributed by atoms with Crippen molar-refractivity contribution in [3.05, 3.63) is 0 Å². The minimum atomic E-state index is -0.778. The molecule has 0 aromatic heterocycles. The average molecular weight is 143 g/mol. The first-order valence-electron chi connectivity index (χ1n) is 3.53. The Morgan fingerprint density at radius 3 is 2.40 bits per heavy atom. The molecule has 3 nitrogen and oxygen atoms in total. The number of hydrogen-bond acceptors (Lipinski definition) is 2. The molecule has 1 fully saturated rings. The largest absolute Gasteiger partial charge is 0.480 e. The van der Waals surface area contributed by atoms with E-state index >= 15 is 0 Å². The Hall–Kier alpha value is -0.570. The van der Waals surface area contributed by atoms with Gasteiger partial charge in [-0.25, -0.2) is 0 Å². The number of rotatable bonds is 3. The maximum Gasteiger partial charge on any atom is 0.323 e. The van der Waals surface area contributed by atoms with Gasteiger partial charge >= 0.3 is 5.97 Å². The van der Waals surface area contributed by atoms with Gasteiger partial charge in [-0.1, -0.05) is 0 Å². The molecule has 0 bridgehead atoms. The second kappa shape index (κ2) is 2.23. The van der Waals surface area contributed by atoms with Crippen LogP contribution in [0.2, 0.25) is 0 Å². The number of carboxylic acids is 1. The van der Waals surface area contributed by atoms with Gasteiger partial charge in [0.25, 0.3) is 0 Å². The van der Waals surface area contributed by atoms with Gasteiger partial charge in [-0.15, -0.1) is 0 Å². The number of nitrogens with one attached hydrogen (secondary N) is 1. The lowest BCUT2D eigenvalue weighted by Gasteiger charge is -2.20. The second-order valence-electron chi connectivity index (χ2n) is 3.35. The van der Waals surface area contributed by atoms with E-state index < -0.39 is 11.5 Å². The van der Waals surface area contributed by atoms with Crippen LogP contribution in [0.25, 0.3) is 0 Å². The van der Waals surface area contributed by atoms with Gasteiger partial charge in [0, 0.05) is 6.04 Å². The summed E-state index contributed by atoms with van der Waals surface area (Å²) >= 11 is 0. The maximum atomic E-state index is 10.5. The molecule has 0 amide bonds. The van der Waals surface area contributed by atoms with Gasteiger partial charge in [0.05, 0.1) is 0 Å². The van der Waals surface area contributed by atoms with Crippen molar-refractivity contribution in [3.8, 4) is 0 Å². The summed E-state index contributed by atoms with van der Waals surface area (Å²) < 4.78 is 0. The average Bonchev–Trinajstić information content (AvgIpc) is 2.48. The molecule has 58 valence electrons. The van der Waals surface area contributed by atoms with Crippen LogP contribution < -0.4 is 5.32 Å². The van der Waals surface area contributed by atoms with Crippen LogP contribution in [-0.4, -0.2) is 22.7 Å². The number of carboxylic acid groups (broad SMARTS) is 1. The number of carbonyl (C=O) groups is 1. The van der Waals surface area contributed by atoms with Crippen LogP contribution in [0.15, 0.2) is 0 Å². The molecule has 0 aromatic carbocycles. The van der Waals surface area contributed by atoms with E-state index in [2.05, 4.69) is 5.32 Å². The minimum Gasteiger partial charge on any atom is -0.480 e. The monoisotopic (exact) mass is 143 g/mol. The summed E-state index contributed by atoms with van der Waals surface area (Å²) in [5.74, 6) is -0.778. The van der Waals surface area contributed by atoms with Gasteiger partial charge in [0.15, 0.2) is 0 Å². The van der Waals surface area contributed by atoms with E-state index in [9.17, 15) is 4.79 Å². The molecule has 0 saturated heterocycles. The third kappa shape index (κ3) is 1.70. The van der Waals surface area contributed by atoms with E-state index in [1.807, 2.05) is 0 Å². The van der Waals surface area contributed by atoms with Crippen molar-refractivity contribution in [1.29, 1.82) is 0 Å². The number of aliphatic carboxylic acids is 1. The Morgan fingerprint density at radius 1 is 1.60 bits per heavy atom. The van der Waals surface area contributed by atoms with Gasteiger partial charge in [0.1, 0.15) is 5.54 Å². The molecule has 0 atom stereocenters. The predicted octanol–water partition coefficient (Wildman–Crippen LogP) is 0.602. The summed E-state index contributed by atoms with van der Waals surface area (Å²) in [6, 6.07) is 0.450.